The predicted molar refractivity (Wildman–Crippen MR) is 72.8 cm³/mol. The van der Waals surface area contributed by atoms with E-state index in [1.54, 1.807) is 24.3 Å². The van der Waals surface area contributed by atoms with Crippen LogP contribution in [0.4, 0.5) is 0 Å². The molecule has 1 aromatic carbocycles. The second-order valence-corrected chi connectivity index (χ2v) is 4.01. The van der Waals surface area contributed by atoms with Crippen molar-refractivity contribution in [3.63, 3.8) is 0 Å². The molecule has 0 radical (unpaired) electrons. The highest BCUT2D eigenvalue weighted by atomic mass is 16.2. The van der Waals surface area contributed by atoms with E-state index in [2.05, 4.69) is 21.4 Å². The highest BCUT2D eigenvalue weighted by Crippen LogP contribution is 2.11. The Kier molecular flexibility index (Phi) is 3.94. The summed E-state index contributed by atoms with van der Waals surface area (Å²) in [5.74, 6) is 2.19. The molecular formula is C14H13N3O2. The lowest BCUT2D eigenvalue weighted by Gasteiger charge is -2.05. The molecule has 0 saturated heterocycles. The van der Waals surface area contributed by atoms with Crippen molar-refractivity contribution in [1.29, 1.82) is 0 Å². The minimum absolute atomic E-state index is 0.218. The number of hydrogen-bond acceptors (Lipinski definition) is 3. The fraction of sp³-hybridized carbons (Fsp3) is 0.214. The van der Waals surface area contributed by atoms with Crippen LogP contribution in [0.15, 0.2) is 29.1 Å². The quantitative estimate of drug-likeness (QED) is 0.633. The fourth-order valence-corrected chi connectivity index (χ4v) is 1.76. The van der Waals surface area contributed by atoms with Crippen LogP contribution in [0.3, 0.4) is 0 Å². The Morgan fingerprint density at radius 1 is 1.37 bits per heavy atom. The molecule has 0 aliphatic carbocycles. The Balaban J connectivity index is 2.26. The molecule has 0 fully saturated rings. The summed E-state index contributed by atoms with van der Waals surface area (Å²) < 4.78 is 0. The van der Waals surface area contributed by atoms with Gasteiger partial charge in [0.05, 0.1) is 5.39 Å². The first kappa shape index (κ1) is 12.8. The summed E-state index contributed by atoms with van der Waals surface area (Å²) in [4.78, 5) is 23.6. The summed E-state index contributed by atoms with van der Waals surface area (Å²) in [5, 5.41) is 9.86. The SMILES string of the molecule is C#CCCCNC(=O)c1n[nH]c(=O)c2ccccc12. The van der Waals surface area contributed by atoms with Crippen molar-refractivity contribution in [1.82, 2.24) is 15.5 Å². The zero-order valence-corrected chi connectivity index (χ0v) is 10.3. The number of aromatic nitrogens is 2. The Labute approximate surface area is 110 Å². The van der Waals surface area contributed by atoms with E-state index < -0.39 is 0 Å². The van der Waals surface area contributed by atoms with Crippen molar-refractivity contribution >= 4 is 16.7 Å². The van der Waals surface area contributed by atoms with Gasteiger partial charge >= 0.3 is 0 Å². The van der Waals surface area contributed by atoms with E-state index in [4.69, 9.17) is 6.42 Å². The number of amides is 1. The van der Waals surface area contributed by atoms with Crippen molar-refractivity contribution < 1.29 is 4.79 Å². The van der Waals surface area contributed by atoms with Crippen molar-refractivity contribution in [2.75, 3.05) is 6.54 Å². The molecule has 0 atom stereocenters. The number of H-pyrrole nitrogens is 1. The average Bonchev–Trinajstić information content (AvgIpc) is 2.44. The number of rotatable bonds is 4. The van der Waals surface area contributed by atoms with E-state index in [1.165, 1.54) is 0 Å². The number of nitrogens with one attached hydrogen (secondary N) is 2. The second kappa shape index (κ2) is 5.83. The summed E-state index contributed by atoms with van der Waals surface area (Å²) in [6.45, 7) is 0.484. The van der Waals surface area contributed by atoms with Crippen molar-refractivity contribution in [3.05, 3.63) is 40.3 Å². The van der Waals surface area contributed by atoms with Gasteiger partial charge in [0.2, 0.25) is 0 Å². The van der Waals surface area contributed by atoms with Gasteiger partial charge in [-0.25, -0.2) is 5.10 Å². The molecule has 1 amide bonds. The van der Waals surface area contributed by atoms with Crippen molar-refractivity contribution in [2.45, 2.75) is 12.8 Å². The van der Waals surface area contributed by atoms with E-state index in [0.29, 0.717) is 30.2 Å². The average molecular weight is 255 g/mol. The van der Waals surface area contributed by atoms with Gasteiger partial charge in [0.25, 0.3) is 11.5 Å². The maximum Gasteiger partial charge on any atom is 0.272 e. The Bertz CT molecular complexity index is 698. The third-order valence-corrected chi connectivity index (χ3v) is 2.69. The van der Waals surface area contributed by atoms with Gasteiger partial charge in [0, 0.05) is 18.4 Å². The number of nitrogens with zero attached hydrogens (tertiary/aromatic N) is 1. The van der Waals surface area contributed by atoms with Gasteiger partial charge in [-0.15, -0.1) is 12.3 Å². The zero-order chi connectivity index (χ0) is 13.7. The van der Waals surface area contributed by atoms with E-state index >= 15 is 0 Å². The lowest BCUT2D eigenvalue weighted by molar-refractivity contribution is 0.0949. The van der Waals surface area contributed by atoms with Gasteiger partial charge in [0.1, 0.15) is 0 Å². The van der Waals surface area contributed by atoms with Crippen LogP contribution in [0.2, 0.25) is 0 Å². The Hall–Kier alpha value is -2.61. The van der Waals surface area contributed by atoms with Crippen LogP contribution in [-0.2, 0) is 0 Å². The van der Waals surface area contributed by atoms with Gasteiger partial charge in [-0.2, -0.15) is 5.10 Å². The van der Waals surface area contributed by atoms with Crippen LogP contribution in [0, 0.1) is 12.3 Å². The number of fused-ring (bicyclic) bond motifs is 1. The van der Waals surface area contributed by atoms with Crippen LogP contribution in [0.5, 0.6) is 0 Å². The first-order chi connectivity index (χ1) is 9.24. The molecule has 5 nitrogen and oxygen atoms in total. The monoisotopic (exact) mass is 255 g/mol. The molecule has 2 N–H and O–H groups in total. The molecule has 5 heteroatoms. The predicted octanol–water partition coefficient (Wildman–Crippen LogP) is 1.07. The molecule has 0 aliphatic rings. The molecule has 96 valence electrons. The van der Waals surface area contributed by atoms with E-state index in [-0.39, 0.29) is 17.2 Å². The molecule has 0 bridgehead atoms. The molecule has 1 aromatic heterocycles. The van der Waals surface area contributed by atoms with Crippen molar-refractivity contribution in [3.8, 4) is 12.3 Å². The van der Waals surface area contributed by atoms with E-state index in [9.17, 15) is 9.59 Å². The lowest BCUT2D eigenvalue weighted by atomic mass is 10.1. The summed E-state index contributed by atoms with van der Waals surface area (Å²) in [6, 6.07) is 6.86. The largest absolute Gasteiger partial charge is 0.351 e. The second-order valence-electron chi connectivity index (χ2n) is 4.01. The maximum atomic E-state index is 12.0. The Morgan fingerprint density at radius 2 is 2.11 bits per heavy atom. The first-order valence-corrected chi connectivity index (χ1v) is 5.93. The zero-order valence-electron chi connectivity index (χ0n) is 10.3. The van der Waals surface area contributed by atoms with Crippen LogP contribution >= 0.6 is 0 Å². The van der Waals surface area contributed by atoms with Crippen LogP contribution in [0.1, 0.15) is 23.3 Å². The normalized spacial score (nSPS) is 10.1. The number of terminal acetylenes is 1. The third kappa shape index (κ3) is 2.80. The van der Waals surface area contributed by atoms with Crippen LogP contribution in [0.25, 0.3) is 10.8 Å². The third-order valence-electron chi connectivity index (χ3n) is 2.69. The molecule has 0 aliphatic heterocycles. The van der Waals surface area contributed by atoms with Crippen LogP contribution < -0.4 is 10.9 Å². The van der Waals surface area contributed by atoms with Gasteiger partial charge < -0.3 is 5.32 Å². The molecule has 1 heterocycles. The molecule has 0 spiro atoms. The van der Waals surface area contributed by atoms with Crippen LogP contribution in [-0.4, -0.2) is 22.6 Å². The van der Waals surface area contributed by atoms with E-state index in [0.717, 1.165) is 0 Å². The van der Waals surface area contributed by atoms with Crippen molar-refractivity contribution in [2.24, 2.45) is 0 Å². The smallest absolute Gasteiger partial charge is 0.272 e. The number of benzene rings is 1. The van der Waals surface area contributed by atoms with Gasteiger partial charge in [-0.1, -0.05) is 18.2 Å². The highest BCUT2D eigenvalue weighted by Gasteiger charge is 2.12. The standard InChI is InChI=1S/C14H13N3O2/c1-2-3-6-9-15-14(19)12-10-7-4-5-8-11(10)13(18)17-16-12/h1,4-5,7-8H,3,6,9H2,(H,15,19)(H,17,18). The number of hydrogen-bond donors (Lipinski definition) is 2. The summed E-state index contributed by atoms with van der Waals surface area (Å²) in [6.07, 6.45) is 6.46. The van der Waals surface area contributed by atoms with Gasteiger partial charge in [0.15, 0.2) is 5.69 Å². The number of aromatic amines is 1. The maximum absolute atomic E-state index is 12.0. The minimum Gasteiger partial charge on any atom is -0.351 e. The molecule has 19 heavy (non-hydrogen) atoms. The topological polar surface area (TPSA) is 74.8 Å². The van der Waals surface area contributed by atoms with E-state index in [1.807, 2.05) is 0 Å². The first-order valence-electron chi connectivity index (χ1n) is 5.93. The molecule has 2 aromatic rings. The summed E-state index contributed by atoms with van der Waals surface area (Å²) >= 11 is 0. The molecular weight excluding hydrogens is 242 g/mol. The number of unbranched alkanes of at least 4 members (excludes halogenated alkanes) is 1. The van der Waals surface area contributed by atoms with Gasteiger partial charge in [-0.3, -0.25) is 9.59 Å². The summed E-state index contributed by atoms with van der Waals surface area (Å²) in [5.41, 5.74) is -0.0876. The molecule has 0 unspecified atom stereocenters. The number of carbonyl (C=O) groups excluding carboxylic acids is 1. The summed E-state index contributed by atoms with van der Waals surface area (Å²) in [7, 11) is 0. The molecule has 0 saturated carbocycles. The fourth-order valence-electron chi connectivity index (χ4n) is 1.76. The number of carbonyl (C=O) groups is 1. The molecule has 2 rings (SSSR count). The Morgan fingerprint density at radius 3 is 2.84 bits per heavy atom. The highest BCUT2D eigenvalue weighted by molar-refractivity contribution is 6.04. The lowest BCUT2D eigenvalue weighted by Crippen LogP contribution is -2.27. The minimum atomic E-state index is -0.315. The van der Waals surface area contributed by atoms with Gasteiger partial charge in [-0.05, 0) is 12.5 Å².